The van der Waals surface area contributed by atoms with E-state index in [0.717, 1.165) is 31.6 Å². The number of nitrogens with one attached hydrogen (secondary N) is 1. The van der Waals surface area contributed by atoms with Gasteiger partial charge in [0.2, 0.25) is 0 Å². The van der Waals surface area contributed by atoms with Crippen molar-refractivity contribution in [2.75, 3.05) is 25.4 Å². The van der Waals surface area contributed by atoms with Gasteiger partial charge >= 0.3 is 0 Å². The number of H-pyrrole nitrogens is 1. The van der Waals surface area contributed by atoms with Crippen molar-refractivity contribution in [1.29, 1.82) is 0 Å². The zero-order chi connectivity index (χ0) is 22.2. The fourth-order valence-corrected chi connectivity index (χ4v) is 5.35. The Kier molecular flexibility index (Phi) is 5.60. The first-order valence-electron chi connectivity index (χ1n) is 11.8. The summed E-state index contributed by atoms with van der Waals surface area (Å²) >= 11 is 0. The van der Waals surface area contributed by atoms with Crippen LogP contribution < -0.4 is 5.73 Å². The highest BCUT2D eigenvalue weighted by atomic mass is 15.1. The molecule has 3 aromatic rings. The van der Waals surface area contributed by atoms with Crippen LogP contribution in [0.3, 0.4) is 0 Å². The van der Waals surface area contributed by atoms with Gasteiger partial charge in [0.15, 0.2) is 0 Å². The van der Waals surface area contributed by atoms with Gasteiger partial charge in [-0.3, -0.25) is 9.89 Å². The minimum absolute atomic E-state index is 0.413. The molecule has 0 amide bonds. The number of hydrogen-bond donors (Lipinski definition) is 2. The maximum Gasteiger partial charge on any atom is 0.123 e. The van der Waals surface area contributed by atoms with Crippen molar-refractivity contribution >= 4 is 22.4 Å². The molecule has 0 radical (unpaired) electrons. The number of anilines is 1. The van der Waals surface area contributed by atoms with Gasteiger partial charge in [0.1, 0.15) is 5.82 Å². The SMILES string of the molecule is CC1=NC=C(CN2CCC(c3ccc4[nH]c(-c5ccnc(N)c5)c(C(C)C)c4c3)CC2)C1. The van der Waals surface area contributed by atoms with Crippen LogP contribution in [0.25, 0.3) is 22.2 Å². The van der Waals surface area contributed by atoms with Crippen LogP contribution >= 0.6 is 0 Å². The number of fused-ring (bicyclic) bond motifs is 1. The zero-order valence-corrected chi connectivity index (χ0v) is 19.4. The van der Waals surface area contributed by atoms with Gasteiger partial charge in [-0.25, -0.2) is 4.98 Å². The molecular formula is C27H33N5. The average Bonchev–Trinajstić information content (AvgIpc) is 3.37. The predicted molar refractivity (Wildman–Crippen MR) is 134 cm³/mol. The summed E-state index contributed by atoms with van der Waals surface area (Å²) in [7, 11) is 0. The number of hydrogen-bond acceptors (Lipinski definition) is 4. The van der Waals surface area contributed by atoms with Crippen molar-refractivity contribution in [3.63, 3.8) is 0 Å². The fourth-order valence-electron chi connectivity index (χ4n) is 5.35. The highest BCUT2D eigenvalue weighted by Gasteiger charge is 2.23. The molecule has 0 bridgehead atoms. The van der Waals surface area contributed by atoms with Crippen LogP contribution in [0.5, 0.6) is 0 Å². The van der Waals surface area contributed by atoms with Gasteiger partial charge in [-0.1, -0.05) is 19.9 Å². The van der Waals surface area contributed by atoms with Crippen LogP contribution in [0.15, 0.2) is 53.3 Å². The number of nitrogens with zero attached hydrogens (tertiary/aromatic N) is 3. The highest BCUT2D eigenvalue weighted by molar-refractivity contribution is 5.92. The smallest absolute Gasteiger partial charge is 0.123 e. The topological polar surface area (TPSA) is 70.3 Å². The first-order valence-corrected chi connectivity index (χ1v) is 11.8. The number of piperidine rings is 1. The van der Waals surface area contributed by atoms with Crippen molar-refractivity contribution in [1.82, 2.24) is 14.9 Å². The zero-order valence-electron chi connectivity index (χ0n) is 19.4. The van der Waals surface area contributed by atoms with Crippen molar-refractivity contribution in [2.24, 2.45) is 4.99 Å². The average molecular weight is 428 g/mol. The number of aromatic amines is 1. The fraction of sp³-hybridized carbons (Fsp3) is 0.407. The first-order chi connectivity index (χ1) is 15.5. The van der Waals surface area contributed by atoms with Crippen molar-refractivity contribution < 1.29 is 0 Å². The molecule has 4 heterocycles. The summed E-state index contributed by atoms with van der Waals surface area (Å²) in [5.41, 5.74) is 15.0. The molecule has 2 aliphatic rings. The van der Waals surface area contributed by atoms with Gasteiger partial charge < -0.3 is 10.7 Å². The van der Waals surface area contributed by atoms with Crippen molar-refractivity contribution in [2.45, 2.75) is 51.9 Å². The molecular weight excluding hydrogens is 394 g/mol. The Balaban J connectivity index is 1.37. The highest BCUT2D eigenvalue weighted by Crippen LogP contribution is 2.38. The number of aliphatic imine (C=N–C) groups is 1. The second kappa shape index (κ2) is 8.55. The number of rotatable bonds is 5. The molecule has 2 aliphatic heterocycles. The van der Waals surface area contributed by atoms with E-state index in [9.17, 15) is 0 Å². The van der Waals surface area contributed by atoms with Gasteiger partial charge in [0.25, 0.3) is 0 Å². The number of likely N-dealkylation sites (tertiary alicyclic amines) is 1. The lowest BCUT2D eigenvalue weighted by Gasteiger charge is -2.32. The molecule has 2 aromatic heterocycles. The van der Waals surface area contributed by atoms with E-state index in [-0.39, 0.29) is 0 Å². The monoisotopic (exact) mass is 427 g/mol. The first kappa shape index (κ1) is 21.0. The lowest BCUT2D eigenvalue weighted by molar-refractivity contribution is 0.227. The van der Waals surface area contributed by atoms with E-state index in [0.29, 0.717) is 17.7 Å². The summed E-state index contributed by atoms with van der Waals surface area (Å²) in [6.45, 7) is 10.0. The molecule has 5 nitrogen and oxygen atoms in total. The van der Waals surface area contributed by atoms with Crippen molar-refractivity contribution in [3.05, 3.63) is 59.4 Å². The number of nitrogen functional groups attached to an aromatic ring is 1. The molecule has 0 unspecified atom stereocenters. The Morgan fingerprint density at radius 2 is 1.97 bits per heavy atom. The van der Waals surface area contributed by atoms with E-state index in [1.165, 1.54) is 51.9 Å². The lowest BCUT2D eigenvalue weighted by Crippen LogP contribution is -2.34. The third-order valence-electron chi connectivity index (χ3n) is 6.95. The van der Waals surface area contributed by atoms with E-state index in [1.54, 1.807) is 6.20 Å². The Labute approximate surface area is 190 Å². The number of aromatic nitrogens is 2. The number of nitrogens with two attached hydrogens (primary N) is 1. The normalized spacial score (nSPS) is 17.9. The van der Waals surface area contributed by atoms with Crippen LogP contribution in [-0.4, -0.2) is 40.2 Å². The van der Waals surface area contributed by atoms with Crippen molar-refractivity contribution in [3.8, 4) is 11.3 Å². The second-order valence-electron chi connectivity index (χ2n) is 9.72. The molecule has 0 atom stereocenters. The Hall–Kier alpha value is -2.92. The number of pyridine rings is 1. The van der Waals surface area contributed by atoms with Crippen LogP contribution in [0, 0.1) is 0 Å². The molecule has 3 N–H and O–H groups in total. The molecule has 0 spiro atoms. The quantitative estimate of drug-likeness (QED) is 0.535. The maximum absolute atomic E-state index is 5.97. The summed E-state index contributed by atoms with van der Waals surface area (Å²) in [4.78, 5) is 14.9. The molecule has 32 heavy (non-hydrogen) atoms. The van der Waals surface area contributed by atoms with E-state index in [4.69, 9.17) is 5.73 Å². The maximum atomic E-state index is 5.97. The molecule has 0 aliphatic carbocycles. The number of benzene rings is 1. The van der Waals surface area contributed by atoms with E-state index in [2.05, 4.69) is 65.0 Å². The molecule has 5 rings (SSSR count). The van der Waals surface area contributed by atoms with Crippen LogP contribution in [0.2, 0.25) is 0 Å². The molecule has 166 valence electrons. The minimum atomic E-state index is 0.413. The van der Waals surface area contributed by atoms with Gasteiger partial charge in [-0.2, -0.15) is 0 Å². The minimum Gasteiger partial charge on any atom is -0.384 e. The standard InChI is InChI=1S/C27H33N5/c1-17(2)26-23-13-21(4-5-24(23)31-27(26)22-6-9-29-25(28)14-22)20-7-10-32(11-8-20)16-19-12-18(3)30-15-19/h4-6,9,13-15,17,20,31H,7-8,10-12,16H2,1-3H3,(H2,28,29). The lowest BCUT2D eigenvalue weighted by atomic mass is 9.87. The molecule has 1 fully saturated rings. The van der Waals surface area contributed by atoms with Gasteiger partial charge in [0.05, 0.1) is 5.69 Å². The van der Waals surface area contributed by atoms with E-state index < -0.39 is 0 Å². The van der Waals surface area contributed by atoms with Gasteiger partial charge in [-0.05, 0) is 85.7 Å². The Morgan fingerprint density at radius 1 is 1.16 bits per heavy atom. The van der Waals surface area contributed by atoms with E-state index >= 15 is 0 Å². The van der Waals surface area contributed by atoms with Crippen LogP contribution in [0.4, 0.5) is 5.82 Å². The third kappa shape index (κ3) is 4.09. The largest absolute Gasteiger partial charge is 0.384 e. The van der Waals surface area contributed by atoms with Crippen LogP contribution in [-0.2, 0) is 0 Å². The Morgan fingerprint density at radius 3 is 2.66 bits per heavy atom. The van der Waals surface area contributed by atoms with E-state index in [1.807, 2.05) is 12.1 Å². The summed E-state index contributed by atoms with van der Waals surface area (Å²) in [5, 5.41) is 1.34. The molecule has 1 saturated heterocycles. The Bertz CT molecular complexity index is 1190. The molecule has 1 aromatic carbocycles. The summed E-state index contributed by atoms with van der Waals surface area (Å²) in [6, 6.07) is 11.0. The predicted octanol–water partition coefficient (Wildman–Crippen LogP) is 5.86. The third-order valence-corrected chi connectivity index (χ3v) is 6.95. The second-order valence-corrected chi connectivity index (χ2v) is 9.72. The molecule has 0 saturated carbocycles. The van der Waals surface area contributed by atoms with Gasteiger partial charge in [0, 0.05) is 47.5 Å². The molecule has 5 heteroatoms. The summed E-state index contributed by atoms with van der Waals surface area (Å²) in [6.07, 6.45) is 7.34. The summed E-state index contributed by atoms with van der Waals surface area (Å²) < 4.78 is 0. The van der Waals surface area contributed by atoms with Gasteiger partial charge in [-0.15, -0.1) is 0 Å². The summed E-state index contributed by atoms with van der Waals surface area (Å²) in [5.74, 6) is 1.59. The van der Waals surface area contributed by atoms with Crippen LogP contribution in [0.1, 0.15) is 63.0 Å².